The molecule has 2 N–H and O–H groups in total. The van der Waals surface area contributed by atoms with Crippen molar-refractivity contribution >= 4 is 10.2 Å². The molecule has 5 nitrogen and oxygen atoms in total. The molecule has 0 aromatic carbocycles. The monoisotopic (exact) mass is 247 g/mol. The summed E-state index contributed by atoms with van der Waals surface area (Å²) < 4.78 is 28.2. The summed E-state index contributed by atoms with van der Waals surface area (Å²) in [5.74, 6) is 0.498. The Balaban J connectivity index is 2.02. The van der Waals surface area contributed by atoms with Gasteiger partial charge in [0.1, 0.15) is 0 Å². The topological polar surface area (TPSA) is 61.4 Å². The Morgan fingerprint density at radius 1 is 1.38 bits per heavy atom. The fraction of sp³-hybridized carbons (Fsp3) is 1.00. The molecule has 0 bridgehead atoms. The molecular formula is C10H21N3O2S. The fourth-order valence-electron chi connectivity index (χ4n) is 2.58. The SMILES string of the molecule is CC(C)NS(=O)(=O)N1CC2CCCNC2C1. The molecule has 0 aliphatic carbocycles. The molecule has 0 aromatic rings. The molecule has 0 radical (unpaired) electrons. The highest BCUT2D eigenvalue weighted by Crippen LogP contribution is 2.26. The molecule has 16 heavy (non-hydrogen) atoms. The van der Waals surface area contributed by atoms with Crippen molar-refractivity contribution in [3.8, 4) is 0 Å². The Kier molecular flexibility index (Phi) is 3.53. The molecule has 2 heterocycles. The number of fused-ring (bicyclic) bond motifs is 1. The van der Waals surface area contributed by atoms with E-state index in [1.807, 2.05) is 13.8 Å². The second-order valence-electron chi connectivity index (χ2n) is 5.06. The predicted octanol–water partition coefficient (Wildman–Crippen LogP) is -0.0870. The second-order valence-corrected chi connectivity index (χ2v) is 6.76. The summed E-state index contributed by atoms with van der Waals surface area (Å²) in [6, 6.07) is 0.318. The summed E-state index contributed by atoms with van der Waals surface area (Å²) in [6.07, 6.45) is 2.30. The maximum Gasteiger partial charge on any atom is 0.279 e. The summed E-state index contributed by atoms with van der Waals surface area (Å²) in [5, 5.41) is 3.40. The van der Waals surface area contributed by atoms with Crippen LogP contribution in [-0.4, -0.2) is 44.4 Å². The van der Waals surface area contributed by atoms with Gasteiger partial charge in [0.25, 0.3) is 10.2 Å². The van der Waals surface area contributed by atoms with Crippen molar-refractivity contribution in [2.75, 3.05) is 19.6 Å². The molecule has 0 saturated carbocycles. The van der Waals surface area contributed by atoms with Crippen LogP contribution < -0.4 is 10.0 Å². The van der Waals surface area contributed by atoms with Gasteiger partial charge in [0.2, 0.25) is 0 Å². The molecule has 0 amide bonds. The van der Waals surface area contributed by atoms with E-state index in [1.54, 1.807) is 4.31 Å². The van der Waals surface area contributed by atoms with Gasteiger partial charge < -0.3 is 5.32 Å². The third kappa shape index (κ3) is 2.56. The first-order chi connectivity index (χ1) is 7.49. The fourth-order valence-corrected chi connectivity index (χ4v) is 4.07. The van der Waals surface area contributed by atoms with Gasteiger partial charge in [-0.3, -0.25) is 0 Å². The standard InChI is InChI=1S/C10H21N3O2S/c1-8(2)12-16(14,15)13-6-9-4-3-5-11-10(9)7-13/h8-12H,3-7H2,1-2H3. The van der Waals surface area contributed by atoms with Gasteiger partial charge in [-0.05, 0) is 39.2 Å². The number of nitrogens with one attached hydrogen (secondary N) is 2. The second kappa shape index (κ2) is 4.60. The van der Waals surface area contributed by atoms with Gasteiger partial charge >= 0.3 is 0 Å². The number of nitrogens with zero attached hydrogens (tertiary/aromatic N) is 1. The predicted molar refractivity (Wildman–Crippen MR) is 63.3 cm³/mol. The average molecular weight is 247 g/mol. The van der Waals surface area contributed by atoms with Crippen LogP contribution in [-0.2, 0) is 10.2 Å². The highest BCUT2D eigenvalue weighted by molar-refractivity contribution is 7.87. The molecule has 2 fully saturated rings. The first-order valence-corrected chi connectivity index (χ1v) is 7.44. The van der Waals surface area contributed by atoms with E-state index < -0.39 is 10.2 Å². The van der Waals surface area contributed by atoms with Gasteiger partial charge in [-0.25, -0.2) is 0 Å². The Morgan fingerprint density at radius 2 is 2.12 bits per heavy atom. The zero-order valence-electron chi connectivity index (χ0n) is 9.94. The number of hydrogen-bond acceptors (Lipinski definition) is 3. The molecule has 0 spiro atoms. The van der Waals surface area contributed by atoms with Gasteiger partial charge in [-0.1, -0.05) is 0 Å². The third-order valence-corrected chi connectivity index (χ3v) is 5.04. The molecule has 94 valence electrons. The molecule has 6 heteroatoms. The van der Waals surface area contributed by atoms with E-state index in [4.69, 9.17) is 0 Å². The van der Waals surface area contributed by atoms with Crippen LogP contribution in [0, 0.1) is 5.92 Å². The molecule has 2 atom stereocenters. The molecule has 2 unspecified atom stereocenters. The summed E-state index contributed by atoms with van der Waals surface area (Å²) in [5.41, 5.74) is 0. The highest BCUT2D eigenvalue weighted by atomic mass is 32.2. The quantitative estimate of drug-likeness (QED) is 0.733. The largest absolute Gasteiger partial charge is 0.312 e. The lowest BCUT2D eigenvalue weighted by molar-refractivity contribution is 0.339. The van der Waals surface area contributed by atoms with E-state index in [9.17, 15) is 8.42 Å². The maximum atomic E-state index is 12.0. The van der Waals surface area contributed by atoms with Crippen LogP contribution in [0.25, 0.3) is 0 Å². The minimum atomic E-state index is -3.27. The van der Waals surface area contributed by atoms with Gasteiger partial charge in [0.15, 0.2) is 0 Å². The molecule has 2 aliphatic rings. The summed E-state index contributed by atoms with van der Waals surface area (Å²) in [7, 11) is -3.27. The molecule has 0 aromatic heterocycles. The van der Waals surface area contributed by atoms with Crippen LogP contribution in [0.15, 0.2) is 0 Å². The lowest BCUT2D eigenvalue weighted by Gasteiger charge is -2.24. The van der Waals surface area contributed by atoms with E-state index in [2.05, 4.69) is 10.0 Å². The van der Waals surface area contributed by atoms with Gasteiger partial charge in [-0.15, -0.1) is 0 Å². The number of piperidine rings is 1. The maximum absolute atomic E-state index is 12.0. The number of hydrogen-bond donors (Lipinski definition) is 2. The van der Waals surface area contributed by atoms with E-state index in [-0.39, 0.29) is 6.04 Å². The van der Waals surface area contributed by atoms with Crippen LogP contribution in [0.1, 0.15) is 26.7 Å². The molecular weight excluding hydrogens is 226 g/mol. The van der Waals surface area contributed by atoms with E-state index >= 15 is 0 Å². The van der Waals surface area contributed by atoms with Crippen molar-refractivity contribution in [3.05, 3.63) is 0 Å². The summed E-state index contributed by atoms with van der Waals surface area (Å²) in [4.78, 5) is 0. The lowest BCUT2D eigenvalue weighted by Crippen LogP contribution is -2.44. The Bertz CT molecular complexity index is 328. The van der Waals surface area contributed by atoms with E-state index in [1.165, 1.54) is 0 Å². The van der Waals surface area contributed by atoms with Crippen LogP contribution in [0.3, 0.4) is 0 Å². The normalized spacial score (nSPS) is 31.9. The summed E-state index contributed by atoms with van der Waals surface area (Å²) in [6.45, 7) is 6.00. The van der Waals surface area contributed by atoms with Gasteiger partial charge in [-0.2, -0.15) is 17.4 Å². The zero-order valence-corrected chi connectivity index (χ0v) is 10.8. The molecule has 2 aliphatic heterocycles. The van der Waals surface area contributed by atoms with Crippen molar-refractivity contribution < 1.29 is 8.42 Å². The van der Waals surface area contributed by atoms with Crippen molar-refractivity contribution in [1.29, 1.82) is 0 Å². The molecule has 2 rings (SSSR count). The van der Waals surface area contributed by atoms with Crippen molar-refractivity contribution in [3.63, 3.8) is 0 Å². The number of rotatable bonds is 3. The van der Waals surface area contributed by atoms with E-state index in [0.29, 0.717) is 25.0 Å². The Hall–Kier alpha value is -0.170. The van der Waals surface area contributed by atoms with Gasteiger partial charge in [0.05, 0.1) is 0 Å². The minimum absolute atomic E-state index is 0.0411. The average Bonchev–Trinajstić information content (AvgIpc) is 2.59. The summed E-state index contributed by atoms with van der Waals surface area (Å²) >= 11 is 0. The lowest BCUT2D eigenvalue weighted by atomic mass is 9.94. The Morgan fingerprint density at radius 3 is 2.75 bits per heavy atom. The van der Waals surface area contributed by atoms with Crippen molar-refractivity contribution in [1.82, 2.24) is 14.3 Å². The minimum Gasteiger partial charge on any atom is -0.312 e. The Labute approximate surface area is 97.8 Å². The zero-order chi connectivity index (χ0) is 11.8. The van der Waals surface area contributed by atoms with Crippen molar-refractivity contribution in [2.45, 2.75) is 38.8 Å². The first kappa shape index (κ1) is 12.3. The molecule has 2 saturated heterocycles. The van der Waals surface area contributed by atoms with Crippen LogP contribution in [0.5, 0.6) is 0 Å². The van der Waals surface area contributed by atoms with Crippen LogP contribution in [0.2, 0.25) is 0 Å². The van der Waals surface area contributed by atoms with Gasteiger partial charge in [0, 0.05) is 25.2 Å². The smallest absolute Gasteiger partial charge is 0.279 e. The van der Waals surface area contributed by atoms with Crippen molar-refractivity contribution in [2.24, 2.45) is 5.92 Å². The van der Waals surface area contributed by atoms with Crippen LogP contribution >= 0.6 is 0 Å². The van der Waals surface area contributed by atoms with Crippen LogP contribution in [0.4, 0.5) is 0 Å². The van der Waals surface area contributed by atoms with E-state index in [0.717, 1.165) is 19.4 Å². The third-order valence-electron chi connectivity index (χ3n) is 3.29. The first-order valence-electron chi connectivity index (χ1n) is 6.00. The highest BCUT2D eigenvalue weighted by Gasteiger charge is 2.39.